The first kappa shape index (κ1) is 23.2. The summed E-state index contributed by atoms with van der Waals surface area (Å²) in [5.74, 6) is -0.908. The molecule has 0 amide bonds. The fourth-order valence-corrected chi connectivity index (χ4v) is 4.22. The number of carboxylic acids is 1. The van der Waals surface area contributed by atoms with Crippen molar-refractivity contribution in [3.63, 3.8) is 0 Å². The van der Waals surface area contributed by atoms with Crippen LogP contribution in [-0.2, 0) is 22.0 Å². The van der Waals surface area contributed by atoms with Crippen molar-refractivity contribution < 1.29 is 9.90 Å². The van der Waals surface area contributed by atoms with E-state index in [1.165, 1.54) is 60.4 Å². The van der Waals surface area contributed by atoms with Crippen molar-refractivity contribution in [2.75, 3.05) is 0 Å². The number of aliphatic carboxylic acids is 1. The summed E-state index contributed by atoms with van der Waals surface area (Å²) >= 11 is 0. The smallest absolute Gasteiger partial charge is 0.328 e. The third kappa shape index (κ3) is 6.19. The highest BCUT2D eigenvalue weighted by Crippen LogP contribution is 2.46. The number of allylic oxidation sites excluding steroid dienone is 4. The summed E-state index contributed by atoms with van der Waals surface area (Å²) in [7, 11) is 0. The first-order valence-electron chi connectivity index (χ1n) is 11.0. The van der Waals surface area contributed by atoms with E-state index < -0.39 is 5.97 Å². The molecule has 158 valence electrons. The minimum atomic E-state index is -0.908. The van der Waals surface area contributed by atoms with Gasteiger partial charge in [-0.15, -0.1) is 0 Å². The van der Waals surface area contributed by atoms with Crippen LogP contribution in [0.15, 0.2) is 42.0 Å². The Balaban J connectivity index is 2.42. The summed E-state index contributed by atoms with van der Waals surface area (Å²) in [6.07, 6.45) is 16.5. The second-order valence-corrected chi connectivity index (χ2v) is 9.77. The molecule has 0 aliphatic heterocycles. The predicted molar refractivity (Wildman–Crippen MR) is 125 cm³/mol. The predicted octanol–water partition coefficient (Wildman–Crippen LogP) is 7.37. The number of rotatable bonds is 8. The number of hydrogen-bond donors (Lipinski definition) is 1. The minimum Gasteiger partial charge on any atom is -0.478 e. The minimum absolute atomic E-state index is 0.200. The van der Waals surface area contributed by atoms with Crippen LogP contribution in [0.2, 0.25) is 0 Å². The maximum absolute atomic E-state index is 10.8. The van der Waals surface area contributed by atoms with Gasteiger partial charge in [-0.05, 0) is 71.3 Å². The van der Waals surface area contributed by atoms with Gasteiger partial charge >= 0.3 is 5.97 Å². The lowest BCUT2D eigenvalue weighted by Crippen LogP contribution is -2.34. The molecule has 0 radical (unpaired) electrons. The molecule has 1 aliphatic rings. The Morgan fingerprint density at radius 2 is 1.66 bits per heavy atom. The number of unbranched alkanes of at least 4 members (excludes halogenated alkanes) is 2. The van der Waals surface area contributed by atoms with E-state index in [0.29, 0.717) is 0 Å². The van der Waals surface area contributed by atoms with Crippen LogP contribution in [-0.4, -0.2) is 11.1 Å². The summed E-state index contributed by atoms with van der Waals surface area (Å²) in [6, 6.07) is 4.90. The van der Waals surface area contributed by atoms with Gasteiger partial charge in [-0.1, -0.05) is 83.9 Å². The second-order valence-electron chi connectivity index (χ2n) is 9.77. The number of carbonyl (C=O) groups is 1. The second kappa shape index (κ2) is 9.61. The lowest BCUT2D eigenvalue weighted by atomic mass is 9.62. The summed E-state index contributed by atoms with van der Waals surface area (Å²) < 4.78 is 0. The molecule has 0 bridgehead atoms. The van der Waals surface area contributed by atoms with Gasteiger partial charge < -0.3 is 5.11 Å². The number of hydrogen-bond acceptors (Lipinski definition) is 1. The van der Waals surface area contributed by atoms with Crippen LogP contribution in [0.3, 0.4) is 0 Å². The van der Waals surface area contributed by atoms with E-state index in [1.807, 2.05) is 18.2 Å². The van der Waals surface area contributed by atoms with Gasteiger partial charge in [0.25, 0.3) is 0 Å². The van der Waals surface area contributed by atoms with Gasteiger partial charge in [-0.3, -0.25) is 0 Å². The van der Waals surface area contributed by atoms with Crippen molar-refractivity contribution in [2.45, 2.75) is 90.9 Å². The van der Waals surface area contributed by atoms with Gasteiger partial charge in [0.2, 0.25) is 0 Å². The molecule has 1 aliphatic carbocycles. The monoisotopic (exact) mass is 394 g/mol. The summed E-state index contributed by atoms with van der Waals surface area (Å²) in [4.78, 5) is 10.8. The van der Waals surface area contributed by atoms with Crippen molar-refractivity contribution in [3.05, 3.63) is 64.3 Å². The largest absolute Gasteiger partial charge is 0.478 e. The van der Waals surface area contributed by atoms with E-state index in [-0.39, 0.29) is 10.8 Å². The van der Waals surface area contributed by atoms with Crippen LogP contribution < -0.4 is 0 Å². The van der Waals surface area contributed by atoms with Crippen LogP contribution in [0.4, 0.5) is 0 Å². The lowest BCUT2D eigenvalue weighted by molar-refractivity contribution is -0.131. The van der Waals surface area contributed by atoms with Gasteiger partial charge in [-0.2, -0.15) is 0 Å². The van der Waals surface area contributed by atoms with Gasteiger partial charge in [0, 0.05) is 6.08 Å². The first-order chi connectivity index (χ1) is 13.6. The van der Waals surface area contributed by atoms with Crippen molar-refractivity contribution in [1.29, 1.82) is 0 Å². The highest BCUT2D eigenvalue weighted by Gasteiger charge is 2.37. The summed E-state index contributed by atoms with van der Waals surface area (Å²) in [5, 5.41) is 8.83. The van der Waals surface area contributed by atoms with Crippen molar-refractivity contribution in [2.24, 2.45) is 0 Å². The molecule has 0 aromatic heterocycles. The molecular weight excluding hydrogens is 356 g/mol. The normalized spacial score (nSPS) is 18.3. The quantitative estimate of drug-likeness (QED) is 0.284. The maximum atomic E-state index is 10.8. The number of fused-ring (bicyclic) bond motifs is 1. The number of carboxylic acid groups (broad SMARTS) is 1. The molecule has 0 unspecified atom stereocenters. The summed E-state index contributed by atoms with van der Waals surface area (Å²) in [6.45, 7) is 13.5. The van der Waals surface area contributed by atoms with Gasteiger partial charge in [0.1, 0.15) is 0 Å². The molecule has 0 fully saturated rings. The lowest BCUT2D eigenvalue weighted by Gasteiger charge is -2.42. The average molecular weight is 395 g/mol. The Kier molecular flexibility index (Phi) is 7.68. The highest BCUT2D eigenvalue weighted by molar-refractivity contribution is 5.81. The van der Waals surface area contributed by atoms with Crippen molar-refractivity contribution in [3.8, 4) is 0 Å². The maximum Gasteiger partial charge on any atom is 0.328 e. The van der Waals surface area contributed by atoms with Crippen LogP contribution >= 0.6 is 0 Å². The SMILES string of the molecule is CCCCCc1cc2c(cc1C=CC=CC(C)=CC(=O)O)C(C)(C)CCC2(C)C. The molecule has 1 N–H and O–H groups in total. The zero-order valence-electron chi connectivity index (χ0n) is 19.1. The van der Waals surface area contributed by atoms with E-state index in [1.54, 1.807) is 6.92 Å². The molecule has 29 heavy (non-hydrogen) atoms. The van der Waals surface area contributed by atoms with Crippen LogP contribution in [0.5, 0.6) is 0 Å². The molecule has 0 heterocycles. The van der Waals surface area contributed by atoms with E-state index in [2.05, 4.69) is 52.8 Å². The topological polar surface area (TPSA) is 37.3 Å². The Morgan fingerprint density at radius 3 is 2.24 bits per heavy atom. The highest BCUT2D eigenvalue weighted by atomic mass is 16.4. The Hall–Kier alpha value is -2.09. The standard InChI is InChI=1S/C27H38O2/c1-7-8-9-13-21-18-23-24(27(5,6)16-15-26(23,3)4)19-22(21)14-11-10-12-20(2)17-25(28)29/h10-12,14,17-19H,7-9,13,15-16H2,1-6H3,(H,28,29). The molecule has 2 nitrogen and oxygen atoms in total. The fraction of sp³-hybridized carbons (Fsp3) is 0.519. The Morgan fingerprint density at radius 1 is 1.03 bits per heavy atom. The van der Waals surface area contributed by atoms with Crippen LogP contribution in [0.1, 0.15) is 95.9 Å². The van der Waals surface area contributed by atoms with Gasteiger partial charge in [0.05, 0.1) is 0 Å². The van der Waals surface area contributed by atoms with Crippen molar-refractivity contribution in [1.82, 2.24) is 0 Å². The molecule has 0 saturated carbocycles. The third-order valence-corrected chi connectivity index (χ3v) is 6.26. The molecule has 0 spiro atoms. The molecule has 0 atom stereocenters. The fourth-order valence-electron chi connectivity index (χ4n) is 4.22. The number of aryl methyl sites for hydroxylation is 1. The van der Waals surface area contributed by atoms with Gasteiger partial charge in [0.15, 0.2) is 0 Å². The Bertz CT molecular complexity index is 819. The van der Waals surface area contributed by atoms with Crippen LogP contribution in [0, 0.1) is 0 Å². The van der Waals surface area contributed by atoms with Crippen LogP contribution in [0.25, 0.3) is 6.08 Å². The first-order valence-corrected chi connectivity index (χ1v) is 11.0. The van der Waals surface area contributed by atoms with E-state index in [9.17, 15) is 4.79 Å². The molecule has 1 aromatic rings. The molecular formula is C27H38O2. The van der Waals surface area contributed by atoms with E-state index in [4.69, 9.17) is 5.11 Å². The zero-order valence-corrected chi connectivity index (χ0v) is 19.1. The zero-order chi connectivity index (χ0) is 21.7. The van der Waals surface area contributed by atoms with E-state index in [0.717, 1.165) is 12.0 Å². The molecule has 1 aromatic carbocycles. The number of benzene rings is 1. The molecule has 2 rings (SSSR count). The van der Waals surface area contributed by atoms with Crippen molar-refractivity contribution >= 4 is 12.0 Å². The Labute approximate surface area is 177 Å². The average Bonchev–Trinajstić information content (AvgIpc) is 2.62. The summed E-state index contributed by atoms with van der Waals surface area (Å²) in [5.41, 5.74) is 6.91. The molecule has 2 heteroatoms. The molecule has 0 saturated heterocycles. The van der Waals surface area contributed by atoms with E-state index >= 15 is 0 Å². The third-order valence-electron chi connectivity index (χ3n) is 6.26. The van der Waals surface area contributed by atoms with Gasteiger partial charge in [-0.25, -0.2) is 4.79 Å².